The van der Waals surface area contributed by atoms with Crippen LogP contribution in [0.15, 0.2) is 16.6 Å². The van der Waals surface area contributed by atoms with Crippen LogP contribution in [-0.4, -0.2) is 0 Å². The van der Waals surface area contributed by atoms with Crippen LogP contribution in [0.5, 0.6) is 0 Å². The lowest BCUT2D eigenvalue weighted by Crippen LogP contribution is -2.36. The van der Waals surface area contributed by atoms with Crippen molar-refractivity contribution in [2.45, 2.75) is 40.7 Å². The summed E-state index contributed by atoms with van der Waals surface area (Å²) in [5.74, 6) is 5.67. The average molecular weight is 285 g/mol. The Morgan fingerprint density at radius 1 is 1.19 bits per heavy atom. The summed E-state index contributed by atoms with van der Waals surface area (Å²) in [6, 6.07) is 4.54. The van der Waals surface area contributed by atoms with E-state index in [0.29, 0.717) is 0 Å². The van der Waals surface area contributed by atoms with Gasteiger partial charge in [-0.2, -0.15) is 0 Å². The van der Waals surface area contributed by atoms with Crippen LogP contribution in [0.25, 0.3) is 0 Å². The summed E-state index contributed by atoms with van der Waals surface area (Å²) in [6.45, 7) is 10.8. The molecule has 0 fully saturated rings. The number of nitrogens with two attached hydrogens (primary N) is 1. The molecule has 2 nitrogen and oxygen atoms in total. The molecule has 0 aromatic heterocycles. The van der Waals surface area contributed by atoms with Gasteiger partial charge in [0.15, 0.2) is 0 Å². The van der Waals surface area contributed by atoms with Crippen LogP contribution < -0.4 is 11.3 Å². The molecule has 3 N–H and O–H groups in total. The van der Waals surface area contributed by atoms with E-state index in [-0.39, 0.29) is 11.5 Å². The molecule has 0 amide bonds. The molecule has 1 aromatic carbocycles. The zero-order valence-corrected chi connectivity index (χ0v) is 12.3. The van der Waals surface area contributed by atoms with Crippen LogP contribution >= 0.6 is 15.9 Å². The highest BCUT2D eigenvalue weighted by molar-refractivity contribution is 9.10. The van der Waals surface area contributed by atoms with Gasteiger partial charge in [0.25, 0.3) is 0 Å². The average Bonchev–Trinajstić information content (AvgIpc) is 2.12. The van der Waals surface area contributed by atoms with Crippen molar-refractivity contribution >= 4 is 15.9 Å². The van der Waals surface area contributed by atoms with Crippen molar-refractivity contribution in [1.29, 1.82) is 0 Å². The van der Waals surface area contributed by atoms with E-state index < -0.39 is 0 Å². The maximum atomic E-state index is 5.67. The molecule has 3 heteroatoms. The molecule has 1 unspecified atom stereocenters. The monoisotopic (exact) mass is 284 g/mol. The van der Waals surface area contributed by atoms with Crippen molar-refractivity contribution in [3.8, 4) is 0 Å². The molecule has 90 valence electrons. The van der Waals surface area contributed by atoms with E-state index >= 15 is 0 Å². The molecule has 0 spiro atoms. The summed E-state index contributed by atoms with van der Waals surface area (Å²) >= 11 is 3.58. The van der Waals surface area contributed by atoms with E-state index in [1.54, 1.807) is 0 Å². The van der Waals surface area contributed by atoms with Gasteiger partial charge in [-0.15, -0.1) is 0 Å². The number of benzene rings is 1. The minimum atomic E-state index is 0.0987. The lowest BCUT2D eigenvalue weighted by Gasteiger charge is -2.31. The molecule has 0 heterocycles. The first-order valence-corrected chi connectivity index (χ1v) is 6.29. The molecule has 16 heavy (non-hydrogen) atoms. The van der Waals surface area contributed by atoms with Gasteiger partial charge >= 0.3 is 0 Å². The van der Waals surface area contributed by atoms with Crippen LogP contribution in [0.2, 0.25) is 0 Å². The summed E-state index contributed by atoms with van der Waals surface area (Å²) < 4.78 is 1.18. The van der Waals surface area contributed by atoms with Crippen LogP contribution in [0, 0.1) is 19.3 Å². The van der Waals surface area contributed by atoms with Crippen molar-refractivity contribution in [2.24, 2.45) is 11.3 Å². The predicted octanol–water partition coefficient (Wildman–Crippen LogP) is 3.62. The number of rotatable bonds is 2. The second-order valence-electron chi connectivity index (χ2n) is 5.43. The van der Waals surface area contributed by atoms with Gasteiger partial charge in [0, 0.05) is 4.47 Å². The first-order chi connectivity index (χ1) is 7.27. The Hall–Kier alpha value is -0.380. The summed E-state index contributed by atoms with van der Waals surface area (Å²) in [7, 11) is 0. The molecule has 1 aromatic rings. The van der Waals surface area contributed by atoms with Gasteiger partial charge in [0.2, 0.25) is 0 Å². The third-order valence-electron chi connectivity index (χ3n) is 2.82. The van der Waals surface area contributed by atoms with E-state index in [1.165, 1.54) is 21.2 Å². The standard InChI is InChI=1S/C13H21BrN2/c1-8-6-10(7-9(2)11(8)14)12(16-15)13(3,4)5/h6-7,12,16H,15H2,1-5H3. The van der Waals surface area contributed by atoms with E-state index in [4.69, 9.17) is 5.84 Å². The van der Waals surface area contributed by atoms with E-state index in [9.17, 15) is 0 Å². The maximum Gasteiger partial charge on any atom is 0.0508 e. The van der Waals surface area contributed by atoms with Crippen molar-refractivity contribution in [2.75, 3.05) is 0 Å². The van der Waals surface area contributed by atoms with Crippen LogP contribution in [-0.2, 0) is 0 Å². The molecular formula is C13H21BrN2. The van der Waals surface area contributed by atoms with Crippen molar-refractivity contribution in [1.82, 2.24) is 5.43 Å². The van der Waals surface area contributed by atoms with Crippen LogP contribution in [0.3, 0.4) is 0 Å². The molecule has 1 rings (SSSR count). The molecule has 0 aliphatic carbocycles. The fraction of sp³-hybridized carbons (Fsp3) is 0.538. The number of halogens is 1. The highest BCUT2D eigenvalue weighted by atomic mass is 79.9. The number of hydrogen-bond acceptors (Lipinski definition) is 2. The Morgan fingerprint density at radius 3 is 1.94 bits per heavy atom. The molecule has 0 saturated carbocycles. The van der Waals surface area contributed by atoms with Gasteiger partial charge < -0.3 is 0 Å². The highest BCUT2D eigenvalue weighted by Crippen LogP contribution is 2.34. The molecule has 0 aliphatic rings. The summed E-state index contributed by atoms with van der Waals surface area (Å²) in [6.07, 6.45) is 0. The first-order valence-electron chi connectivity index (χ1n) is 5.50. The Balaban J connectivity index is 3.22. The topological polar surface area (TPSA) is 38.0 Å². The summed E-state index contributed by atoms with van der Waals surface area (Å²) in [5, 5.41) is 0. The smallest absolute Gasteiger partial charge is 0.0508 e. The second-order valence-corrected chi connectivity index (χ2v) is 6.23. The van der Waals surface area contributed by atoms with Gasteiger partial charge in [-0.3, -0.25) is 11.3 Å². The van der Waals surface area contributed by atoms with Gasteiger partial charge in [-0.05, 0) is 36.0 Å². The molecule has 0 saturated heterocycles. The summed E-state index contributed by atoms with van der Waals surface area (Å²) in [5.41, 5.74) is 6.76. The van der Waals surface area contributed by atoms with Crippen LogP contribution in [0.1, 0.15) is 43.5 Å². The molecule has 0 aliphatic heterocycles. The molecule has 0 radical (unpaired) electrons. The predicted molar refractivity (Wildman–Crippen MR) is 73.1 cm³/mol. The van der Waals surface area contributed by atoms with Gasteiger partial charge in [-0.25, -0.2) is 0 Å². The highest BCUT2D eigenvalue weighted by Gasteiger charge is 2.25. The number of aryl methyl sites for hydroxylation is 2. The largest absolute Gasteiger partial charge is 0.271 e. The Bertz CT molecular complexity index is 357. The SMILES string of the molecule is Cc1cc(C(NN)C(C)(C)C)cc(C)c1Br. The Kier molecular flexibility index (Phi) is 4.16. The minimum absolute atomic E-state index is 0.0987. The fourth-order valence-electron chi connectivity index (χ4n) is 1.99. The zero-order chi connectivity index (χ0) is 12.5. The van der Waals surface area contributed by atoms with Gasteiger partial charge in [-0.1, -0.05) is 48.8 Å². The third-order valence-corrected chi connectivity index (χ3v) is 4.08. The van der Waals surface area contributed by atoms with Gasteiger partial charge in [0.05, 0.1) is 6.04 Å². The van der Waals surface area contributed by atoms with Gasteiger partial charge in [0.1, 0.15) is 0 Å². The lowest BCUT2D eigenvalue weighted by molar-refractivity contribution is 0.275. The van der Waals surface area contributed by atoms with E-state index in [2.05, 4.69) is 68.1 Å². The van der Waals surface area contributed by atoms with E-state index in [0.717, 1.165) is 0 Å². The Labute approximate surface area is 107 Å². The molecular weight excluding hydrogens is 264 g/mol. The van der Waals surface area contributed by atoms with Crippen molar-refractivity contribution < 1.29 is 0 Å². The zero-order valence-electron chi connectivity index (χ0n) is 10.7. The normalized spacial score (nSPS) is 13.9. The van der Waals surface area contributed by atoms with Crippen molar-refractivity contribution in [3.63, 3.8) is 0 Å². The Morgan fingerprint density at radius 2 is 1.62 bits per heavy atom. The number of nitrogens with one attached hydrogen (secondary N) is 1. The minimum Gasteiger partial charge on any atom is -0.271 e. The fourth-order valence-corrected chi connectivity index (χ4v) is 2.22. The van der Waals surface area contributed by atoms with E-state index in [1.807, 2.05) is 0 Å². The quantitative estimate of drug-likeness (QED) is 0.643. The lowest BCUT2D eigenvalue weighted by atomic mass is 9.82. The summed E-state index contributed by atoms with van der Waals surface area (Å²) in [4.78, 5) is 0. The van der Waals surface area contributed by atoms with Crippen molar-refractivity contribution in [3.05, 3.63) is 33.3 Å². The second kappa shape index (κ2) is 4.86. The maximum absolute atomic E-state index is 5.67. The number of hydrogen-bond donors (Lipinski definition) is 2. The van der Waals surface area contributed by atoms with Crippen LogP contribution in [0.4, 0.5) is 0 Å². The molecule has 1 atom stereocenters. The third kappa shape index (κ3) is 2.84. The molecule has 0 bridgehead atoms. The number of hydrazine groups is 1. The first kappa shape index (κ1) is 13.7.